The molecule has 3 aromatic rings. The first-order valence-corrected chi connectivity index (χ1v) is 8.78. The smallest absolute Gasteiger partial charge is 0.345 e. The van der Waals surface area contributed by atoms with Crippen molar-refractivity contribution in [2.24, 2.45) is 0 Å². The molecule has 4 rings (SSSR count). The summed E-state index contributed by atoms with van der Waals surface area (Å²) in [6, 6.07) is 14.7. The maximum Gasteiger partial charge on any atom is 0.345 e. The van der Waals surface area contributed by atoms with Gasteiger partial charge in [-0.05, 0) is 24.6 Å². The van der Waals surface area contributed by atoms with Gasteiger partial charge in [-0.15, -0.1) is 0 Å². The Morgan fingerprint density at radius 2 is 1.73 bits per heavy atom. The second-order valence-corrected chi connectivity index (χ2v) is 6.61. The van der Waals surface area contributed by atoms with Crippen LogP contribution in [0.25, 0.3) is 11.0 Å². The topological polar surface area (TPSA) is 62.9 Å². The summed E-state index contributed by atoms with van der Waals surface area (Å²) < 4.78 is 11.0. The van der Waals surface area contributed by atoms with Crippen molar-refractivity contribution in [3.63, 3.8) is 0 Å². The maximum atomic E-state index is 12.8. The fourth-order valence-electron chi connectivity index (χ4n) is 3.53. The number of aryl methyl sites for hydroxylation is 1. The Bertz CT molecular complexity index is 971. The predicted molar refractivity (Wildman–Crippen MR) is 99.6 cm³/mol. The molecule has 0 radical (unpaired) electrons. The second kappa shape index (κ2) is 6.94. The number of para-hydroxylation sites is 1. The van der Waals surface area contributed by atoms with E-state index < -0.39 is 5.63 Å². The van der Waals surface area contributed by atoms with Gasteiger partial charge in [0.25, 0.3) is 0 Å². The molecule has 2 heterocycles. The van der Waals surface area contributed by atoms with Crippen LogP contribution >= 0.6 is 0 Å². The minimum Gasteiger partial charge on any atom is -0.507 e. The minimum atomic E-state index is -0.502. The molecule has 1 aromatic heterocycles. The van der Waals surface area contributed by atoms with E-state index in [0.29, 0.717) is 37.3 Å². The number of hydrogen-bond acceptors (Lipinski definition) is 5. The summed E-state index contributed by atoms with van der Waals surface area (Å²) in [6.07, 6.45) is 0. The molecule has 1 saturated heterocycles. The first-order chi connectivity index (χ1) is 12.6. The number of ether oxygens (including phenoxy) is 1. The SMILES string of the molecule is Cc1ccc(C(c2c(O)c3ccccc3oc2=O)N2CCOCC2)cc1. The standard InChI is InChI=1S/C21H21NO4/c1-14-6-8-15(9-7-14)19(22-10-12-25-13-11-22)18-20(23)16-4-2-3-5-17(16)26-21(18)24/h2-9,19,23H,10-13H2,1H3. The molecular formula is C21H21NO4. The molecule has 1 atom stereocenters. The van der Waals surface area contributed by atoms with Crippen LogP contribution in [-0.4, -0.2) is 36.3 Å². The molecule has 0 saturated carbocycles. The van der Waals surface area contributed by atoms with Crippen molar-refractivity contribution in [2.45, 2.75) is 13.0 Å². The van der Waals surface area contributed by atoms with E-state index in [2.05, 4.69) is 4.90 Å². The van der Waals surface area contributed by atoms with Gasteiger partial charge in [0.1, 0.15) is 16.9 Å². The van der Waals surface area contributed by atoms with Crippen molar-refractivity contribution in [1.82, 2.24) is 4.90 Å². The number of aromatic hydroxyl groups is 1. The lowest BCUT2D eigenvalue weighted by atomic mass is 9.95. The molecule has 0 amide bonds. The van der Waals surface area contributed by atoms with Gasteiger partial charge in [-0.1, -0.05) is 42.0 Å². The first-order valence-electron chi connectivity index (χ1n) is 8.78. The van der Waals surface area contributed by atoms with Crippen LogP contribution in [0.5, 0.6) is 5.75 Å². The molecule has 1 aliphatic rings. The number of rotatable bonds is 3. The van der Waals surface area contributed by atoms with Gasteiger partial charge in [-0.25, -0.2) is 4.79 Å². The van der Waals surface area contributed by atoms with E-state index in [1.54, 1.807) is 18.2 Å². The van der Waals surface area contributed by atoms with Crippen LogP contribution in [0.4, 0.5) is 0 Å². The zero-order valence-corrected chi connectivity index (χ0v) is 14.6. The van der Waals surface area contributed by atoms with E-state index in [4.69, 9.17) is 9.15 Å². The van der Waals surface area contributed by atoms with Crippen LogP contribution in [0.15, 0.2) is 57.7 Å². The minimum absolute atomic E-state index is 0.00563. The number of benzene rings is 2. The fraction of sp³-hybridized carbons (Fsp3) is 0.286. The lowest BCUT2D eigenvalue weighted by molar-refractivity contribution is 0.0230. The highest BCUT2D eigenvalue weighted by Gasteiger charge is 2.30. The van der Waals surface area contributed by atoms with E-state index >= 15 is 0 Å². The summed E-state index contributed by atoms with van der Waals surface area (Å²) in [5, 5.41) is 11.5. The number of fused-ring (bicyclic) bond motifs is 1. The molecule has 1 fully saturated rings. The lowest BCUT2D eigenvalue weighted by Crippen LogP contribution is -2.41. The molecular weight excluding hydrogens is 330 g/mol. The van der Waals surface area contributed by atoms with Crippen LogP contribution in [0, 0.1) is 6.92 Å². The van der Waals surface area contributed by atoms with Crippen LogP contribution < -0.4 is 5.63 Å². The average molecular weight is 351 g/mol. The Hall–Kier alpha value is -2.63. The molecule has 0 spiro atoms. The van der Waals surface area contributed by atoms with Crippen molar-refractivity contribution in [3.8, 4) is 5.75 Å². The lowest BCUT2D eigenvalue weighted by Gasteiger charge is -2.34. The van der Waals surface area contributed by atoms with Gasteiger partial charge >= 0.3 is 5.63 Å². The van der Waals surface area contributed by atoms with E-state index in [1.165, 1.54) is 0 Å². The van der Waals surface area contributed by atoms with Crippen molar-refractivity contribution >= 4 is 11.0 Å². The molecule has 1 unspecified atom stereocenters. The highest BCUT2D eigenvalue weighted by molar-refractivity contribution is 5.84. The second-order valence-electron chi connectivity index (χ2n) is 6.61. The normalized spacial score (nSPS) is 16.7. The Balaban J connectivity index is 1.92. The number of morpholine rings is 1. The third kappa shape index (κ3) is 3.00. The van der Waals surface area contributed by atoms with Gasteiger partial charge in [-0.2, -0.15) is 0 Å². The van der Waals surface area contributed by atoms with Crippen molar-refractivity contribution < 1.29 is 14.3 Å². The van der Waals surface area contributed by atoms with Crippen LogP contribution in [-0.2, 0) is 4.74 Å². The van der Waals surface area contributed by atoms with Crippen LogP contribution in [0.3, 0.4) is 0 Å². The van der Waals surface area contributed by atoms with Crippen LogP contribution in [0.1, 0.15) is 22.7 Å². The summed E-state index contributed by atoms with van der Waals surface area (Å²) >= 11 is 0. The summed E-state index contributed by atoms with van der Waals surface area (Å²) in [4.78, 5) is 15.0. The molecule has 0 aliphatic carbocycles. The number of hydrogen-bond donors (Lipinski definition) is 1. The molecule has 26 heavy (non-hydrogen) atoms. The Labute approximate surface area is 151 Å². The Kier molecular flexibility index (Phi) is 4.49. The molecule has 0 bridgehead atoms. The molecule has 134 valence electrons. The molecule has 1 aliphatic heterocycles. The summed E-state index contributed by atoms with van der Waals surface area (Å²) in [5.74, 6) is -0.00563. The Morgan fingerprint density at radius 1 is 1.04 bits per heavy atom. The van der Waals surface area contributed by atoms with Gasteiger partial charge in [0.15, 0.2) is 0 Å². The third-order valence-corrected chi connectivity index (χ3v) is 4.90. The monoisotopic (exact) mass is 351 g/mol. The molecule has 2 aromatic carbocycles. The third-order valence-electron chi connectivity index (χ3n) is 4.90. The van der Waals surface area contributed by atoms with Crippen molar-refractivity contribution in [2.75, 3.05) is 26.3 Å². The first kappa shape index (κ1) is 16.8. The highest BCUT2D eigenvalue weighted by Crippen LogP contribution is 2.36. The fourth-order valence-corrected chi connectivity index (χ4v) is 3.53. The van der Waals surface area contributed by atoms with Gasteiger partial charge in [-0.3, -0.25) is 4.90 Å². The van der Waals surface area contributed by atoms with E-state index in [1.807, 2.05) is 37.3 Å². The summed E-state index contributed by atoms with van der Waals surface area (Å²) in [7, 11) is 0. The maximum absolute atomic E-state index is 12.8. The Morgan fingerprint density at radius 3 is 2.46 bits per heavy atom. The van der Waals surface area contributed by atoms with Gasteiger partial charge in [0, 0.05) is 13.1 Å². The zero-order valence-electron chi connectivity index (χ0n) is 14.6. The van der Waals surface area contributed by atoms with Gasteiger partial charge in [0.2, 0.25) is 0 Å². The van der Waals surface area contributed by atoms with Crippen molar-refractivity contribution in [1.29, 1.82) is 0 Å². The zero-order chi connectivity index (χ0) is 18.1. The quantitative estimate of drug-likeness (QED) is 0.734. The van der Waals surface area contributed by atoms with Gasteiger partial charge in [0.05, 0.1) is 24.6 Å². The molecule has 1 N–H and O–H groups in total. The van der Waals surface area contributed by atoms with Crippen molar-refractivity contribution in [3.05, 3.63) is 75.6 Å². The van der Waals surface area contributed by atoms with Gasteiger partial charge < -0.3 is 14.3 Å². The average Bonchev–Trinajstić information content (AvgIpc) is 2.67. The number of nitrogens with zero attached hydrogens (tertiary/aromatic N) is 1. The predicted octanol–water partition coefficient (Wildman–Crippen LogP) is 3.23. The summed E-state index contributed by atoms with van der Waals surface area (Å²) in [5.41, 5.74) is 2.27. The van der Waals surface area contributed by atoms with E-state index in [0.717, 1.165) is 11.1 Å². The molecule has 5 heteroatoms. The largest absolute Gasteiger partial charge is 0.507 e. The van der Waals surface area contributed by atoms with Crippen LogP contribution in [0.2, 0.25) is 0 Å². The van der Waals surface area contributed by atoms with E-state index in [9.17, 15) is 9.90 Å². The van der Waals surface area contributed by atoms with E-state index in [-0.39, 0.29) is 17.4 Å². The highest BCUT2D eigenvalue weighted by atomic mass is 16.5. The molecule has 5 nitrogen and oxygen atoms in total. The summed E-state index contributed by atoms with van der Waals surface area (Å²) in [6.45, 7) is 4.59.